The number of sulfone groups is 1. The molecule has 1 fully saturated rings. The van der Waals surface area contributed by atoms with Crippen LogP contribution in [-0.4, -0.2) is 19.7 Å². The lowest BCUT2D eigenvalue weighted by Crippen LogP contribution is -2.44. The topological polar surface area (TPSA) is 60.2 Å². The van der Waals surface area contributed by atoms with Crippen molar-refractivity contribution in [1.29, 1.82) is 0 Å². The molecule has 19 heavy (non-hydrogen) atoms. The highest BCUT2D eigenvalue weighted by atomic mass is 35.5. The fourth-order valence-corrected chi connectivity index (χ4v) is 3.85. The summed E-state index contributed by atoms with van der Waals surface area (Å²) in [6.45, 7) is 0. The highest BCUT2D eigenvalue weighted by molar-refractivity contribution is 7.92. The molecule has 2 N–H and O–H groups in total. The zero-order valence-electron chi connectivity index (χ0n) is 9.72. The van der Waals surface area contributed by atoms with Crippen molar-refractivity contribution in [2.45, 2.75) is 35.2 Å². The molecule has 1 aromatic carbocycles. The van der Waals surface area contributed by atoms with Crippen LogP contribution in [0.25, 0.3) is 0 Å². The van der Waals surface area contributed by atoms with Gasteiger partial charge in [0, 0.05) is 6.04 Å². The second-order valence-corrected chi connectivity index (χ2v) is 6.65. The van der Waals surface area contributed by atoms with E-state index in [0.717, 1.165) is 12.1 Å². The number of hydrogen-bond donors (Lipinski definition) is 1. The van der Waals surface area contributed by atoms with Gasteiger partial charge >= 0.3 is 6.18 Å². The lowest BCUT2D eigenvalue weighted by atomic mass is 9.93. The Morgan fingerprint density at radius 3 is 2.26 bits per heavy atom. The summed E-state index contributed by atoms with van der Waals surface area (Å²) in [6, 6.07) is 3.66. The predicted molar refractivity (Wildman–Crippen MR) is 66.9 cm³/mol. The summed E-state index contributed by atoms with van der Waals surface area (Å²) in [5.74, 6) is 0. The van der Waals surface area contributed by atoms with Crippen LogP contribution in [0.15, 0.2) is 29.2 Å². The van der Waals surface area contributed by atoms with Crippen LogP contribution >= 0.6 is 12.4 Å². The average molecular weight is 316 g/mol. The fraction of sp³-hybridized carbons (Fsp3) is 0.455. The van der Waals surface area contributed by atoms with E-state index < -0.39 is 26.8 Å². The molecule has 1 saturated carbocycles. The van der Waals surface area contributed by atoms with Gasteiger partial charge in [-0.15, -0.1) is 12.4 Å². The summed E-state index contributed by atoms with van der Waals surface area (Å²) < 4.78 is 61.5. The minimum Gasteiger partial charge on any atom is -0.328 e. The Morgan fingerprint density at radius 1 is 1.21 bits per heavy atom. The molecule has 0 atom stereocenters. The summed E-state index contributed by atoms with van der Waals surface area (Å²) in [5, 5.41) is -0.656. The van der Waals surface area contributed by atoms with Crippen molar-refractivity contribution in [3.63, 3.8) is 0 Å². The van der Waals surface area contributed by atoms with Crippen molar-refractivity contribution < 1.29 is 21.6 Å². The second-order valence-electron chi connectivity index (χ2n) is 4.42. The van der Waals surface area contributed by atoms with Crippen LogP contribution in [0.3, 0.4) is 0 Å². The molecule has 1 aliphatic rings. The number of halogens is 4. The first-order valence-electron chi connectivity index (χ1n) is 5.38. The van der Waals surface area contributed by atoms with Crippen molar-refractivity contribution in [2.75, 3.05) is 0 Å². The smallest absolute Gasteiger partial charge is 0.328 e. The molecule has 0 unspecified atom stereocenters. The Morgan fingerprint density at radius 2 is 1.79 bits per heavy atom. The van der Waals surface area contributed by atoms with Crippen molar-refractivity contribution >= 4 is 22.2 Å². The molecule has 0 heterocycles. The van der Waals surface area contributed by atoms with E-state index in [1.165, 1.54) is 6.07 Å². The third-order valence-electron chi connectivity index (χ3n) is 3.06. The first kappa shape index (κ1) is 16.3. The van der Waals surface area contributed by atoms with Crippen LogP contribution in [0.4, 0.5) is 13.2 Å². The van der Waals surface area contributed by atoms with E-state index in [2.05, 4.69) is 0 Å². The van der Waals surface area contributed by atoms with Gasteiger partial charge in [0.05, 0.1) is 15.7 Å². The molecule has 0 aromatic heterocycles. The van der Waals surface area contributed by atoms with E-state index >= 15 is 0 Å². The summed E-state index contributed by atoms with van der Waals surface area (Å²) in [5.41, 5.74) is 4.55. The van der Waals surface area contributed by atoms with E-state index in [-0.39, 0.29) is 23.3 Å². The Hall–Kier alpha value is -0.790. The van der Waals surface area contributed by atoms with Gasteiger partial charge < -0.3 is 5.73 Å². The number of hydrogen-bond acceptors (Lipinski definition) is 3. The molecular formula is C11H13ClF3NO2S. The zero-order valence-corrected chi connectivity index (χ0v) is 11.4. The summed E-state index contributed by atoms with van der Waals surface area (Å²) in [4.78, 5) is -0.283. The Kier molecular flexibility index (Phi) is 4.54. The van der Waals surface area contributed by atoms with Gasteiger partial charge in [0.2, 0.25) is 0 Å². The lowest BCUT2D eigenvalue weighted by Gasteiger charge is -2.31. The standard InChI is InChI=1S/C11H12F3NO2S.ClH/c12-11(13,14)7-2-1-3-9(4-7)18(16,17)10-5-8(15)6-10;/h1-4,8,10H,5-6,15H2;1H. The fourth-order valence-electron chi connectivity index (χ4n) is 1.90. The van der Waals surface area contributed by atoms with Gasteiger partial charge in [-0.05, 0) is 31.0 Å². The first-order valence-corrected chi connectivity index (χ1v) is 6.92. The van der Waals surface area contributed by atoms with E-state index in [0.29, 0.717) is 18.9 Å². The number of benzene rings is 1. The molecule has 8 heteroatoms. The second kappa shape index (κ2) is 5.30. The van der Waals surface area contributed by atoms with Crippen LogP contribution in [0.5, 0.6) is 0 Å². The number of nitrogens with two attached hydrogens (primary N) is 1. The highest BCUT2D eigenvalue weighted by Gasteiger charge is 2.39. The van der Waals surface area contributed by atoms with E-state index in [4.69, 9.17) is 5.73 Å². The number of rotatable bonds is 2. The molecule has 2 rings (SSSR count). The van der Waals surface area contributed by atoms with Gasteiger partial charge in [0.1, 0.15) is 0 Å². The van der Waals surface area contributed by atoms with Gasteiger partial charge in [0.25, 0.3) is 0 Å². The molecule has 0 aliphatic heterocycles. The van der Waals surface area contributed by atoms with Gasteiger partial charge in [-0.2, -0.15) is 13.2 Å². The Bertz CT molecular complexity index is 553. The maximum absolute atomic E-state index is 12.5. The molecular weight excluding hydrogens is 303 g/mol. The van der Waals surface area contributed by atoms with Gasteiger partial charge in [-0.25, -0.2) is 8.42 Å². The molecule has 0 radical (unpaired) electrons. The maximum Gasteiger partial charge on any atom is 0.416 e. The highest BCUT2D eigenvalue weighted by Crippen LogP contribution is 2.34. The molecule has 1 aromatic rings. The average Bonchev–Trinajstić information content (AvgIpc) is 2.24. The molecule has 0 spiro atoms. The van der Waals surface area contributed by atoms with Crippen molar-refractivity contribution in [1.82, 2.24) is 0 Å². The summed E-state index contributed by atoms with van der Waals surface area (Å²) >= 11 is 0. The minimum atomic E-state index is -4.54. The van der Waals surface area contributed by atoms with Crippen LogP contribution < -0.4 is 5.73 Å². The van der Waals surface area contributed by atoms with E-state index in [9.17, 15) is 21.6 Å². The third-order valence-corrected chi connectivity index (χ3v) is 5.23. The quantitative estimate of drug-likeness (QED) is 0.911. The molecule has 3 nitrogen and oxygen atoms in total. The third kappa shape index (κ3) is 3.21. The molecule has 0 saturated heterocycles. The van der Waals surface area contributed by atoms with Gasteiger partial charge in [-0.3, -0.25) is 0 Å². The minimum absolute atomic E-state index is 0. The normalized spacial score (nSPS) is 23.4. The van der Waals surface area contributed by atoms with Crippen molar-refractivity contribution in [2.24, 2.45) is 5.73 Å². The van der Waals surface area contributed by atoms with E-state index in [1.807, 2.05) is 0 Å². The van der Waals surface area contributed by atoms with Gasteiger partial charge in [-0.1, -0.05) is 6.07 Å². The molecule has 1 aliphatic carbocycles. The van der Waals surface area contributed by atoms with Crippen molar-refractivity contribution in [3.05, 3.63) is 29.8 Å². The summed E-state index contributed by atoms with van der Waals surface area (Å²) in [7, 11) is -3.70. The predicted octanol–water partition coefficient (Wildman–Crippen LogP) is 2.39. The Balaban J connectivity index is 0.00000180. The first-order chi connectivity index (χ1) is 8.21. The maximum atomic E-state index is 12.5. The largest absolute Gasteiger partial charge is 0.416 e. The van der Waals surface area contributed by atoms with Gasteiger partial charge in [0.15, 0.2) is 9.84 Å². The van der Waals surface area contributed by atoms with Crippen molar-refractivity contribution in [3.8, 4) is 0 Å². The van der Waals surface area contributed by atoms with Crippen LogP contribution in [0.2, 0.25) is 0 Å². The Labute approximate surface area is 115 Å². The van der Waals surface area contributed by atoms with Crippen LogP contribution in [0, 0.1) is 0 Å². The SMILES string of the molecule is Cl.NC1CC(S(=O)(=O)c2cccc(C(F)(F)F)c2)C1. The molecule has 0 amide bonds. The van der Waals surface area contributed by atoms with E-state index in [1.54, 1.807) is 0 Å². The lowest BCUT2D eigenvalue weighted by molar-refractivity contribution is -0.137. The summed E-state index contributed by atoms with van der Waals surface area (Å²) in [6.07, 6.45) is -3.93. The van der Waals surface area contributed by atoms with Crippen LogP contribution in [0.1, 0.15) is 18.4 Å². The monoisotopic (exact) mass is 315 g/mol. The molecule has 0 bridgehead atoms. The number of alkyl halides is 3. The molecule has 108 valence electrons. The zero-order chi connectivity index (χ0) is 13.6. The van der Waals surface area contributed by atoms with Crippen LogP contribution in [-0.2, 0) is 16.0 Å².